The molecular formula is C21H30N6O2. The van der Waals surface area contributed by atoms with Crippen molar-refractivity contribution >= 4 is 17.7 Å². The van der Waals surface area contributed by atoms with Crippen molar-refractivity contribution in [3.63, 3.8) is 0 Å². The summed E-state index contributed by atoms with van der Waals surface area (Å²) < 4.78 is 5.46. The monoisotopic (exact) mass is 398 g/mol. The molecule has 0 radical (unpaired) electrons. The van der Waals surface area contributed by atoms with Crippen LogP contribution < -0.4 is 9.80 Å². The summed E-state index contributed by atoms with van der Waals surface area (Å²) in [5.41, 5.74) is 1.51. The van der Waals surface area contributed by atoms with Crippen LogP contribution in [0.4, 0.5) is 16.4 Å². The van der Waals surface area contributed by atoms with Crippen molar-refractivity contribution in [1.82, 2.24) is 19.9 Å². The van der Waals surface area contributed by atoms with Gasteiger partial charge >= 0.3 is 6.09 Å². The summed E-state index contributed by atoms with van der Waals surface area (Å²) in [5.74, 6) is 1.61. The highest BCUT2D eigenvalue weighted by Crippen LogP contribution is 2.19. The van der Waals surface area contributed by atoms with Gasteiger partial charge in [-0.2, -0.15) is 0 Å². The number of ether oxygens (including phenoxy) is 1. The Morgan fingerprint density at radius 3 is 2.52 bits per heavy atom. The summed E-state index contributed by atoms with van der Waals surface area (Å²) >= 11 is 0. The van der Waals surface area contributed by atoms with Gasteiger partial charge in [0.15, 0.2) is 0 Å². The van der Waals surface area contributed by atoms with Gasteiger partial charge in [-0.1, -0.05) is 6.07 Å². The van der Waals surface area contributed by atoms with E-state index in [9.17, 15) is 4.79 Å². The minimum absolute atomic E-state index is 0.262. The van der Waals surface area contributed by atoms with Gasteiger partial charge in [-0.3, -0.25) is 9.97 Å². The quantitative estimate of drug-likeness (QED) is 0.784. The summed E-state index contributed by atoms with van der Waals surface area (Å²) in [6.07, 6.45) is 3.27. The third-order valence-electron chi connectivity index (χ3n) is 4.60. The number of hydrogen-bond donors (Lipinski definition) is 0. The van der Waals surface area contributed by atoms with E-state index in [2.05, 4.69) is 14.9 Å². The highest BCUT2D eigenvalue weighted by Gasteiger charge is 2.26. The normalized spacial score (nSPS) is 14.7. The minimum Gasteiger partial charge on any atom is -0.444 e. The standard InChI is InChI=1S/C21H30N6O2/c1-16-7-6-8-17(23-16)15-25(5)18-13-22-14-19(24-18)26-9-11-27(12-10-26)20(28)29-21(2,3)4/h6-8,13-14H,9-12,15H2,1-5H3. The second-order valence-corrected chi connectivity index (χ2v) is 8.32. The van der Waals surface area contributed by atoms with Crippen LogP contribution in [0.2, 0.25) is 0 Å². The summed E-state index contributed by atoms with van der Waals surface area (Å²) in [4.78, 5) is 31.9. The lowest BCUT2D eigenvalue weighted by atomic mass is 10.2. The topological polar surface area (TPSA) is 74.7 Å². The maximum Gasteiger partial charge on any atom is 0.410 e. The van der Waals surface area contributed by atoms with Crippen molar-refractivity contribution in [2.24, 2.45) is 0 Å². The van der Waals surface area contributed by atoms with Gasteiger partial charge < -0.3 is 19.4 Å². The fourth-order valence-electron chi connectivity index (χ4n) is 3.14. The molecule has 0 N–H and O–H groups in total. The Balaban J connectivity index is 1.61. The minimum atomic E-state index is -0.481. The summed E-state index contributed by atoms with van der Waals surface area (Å²) in [5, 5.41) is 0. The number of hydrogen-bond acceptors (Lipinski definition) is 7. The number of aryl methyl sites for hydroxylation is 1. The van der Waals surface area contributed by atoms with Crippen LogP contribution in [0.25, 0.3) is 0 Å². The molecule has 2 aromatic rings. The number of aromatic nitrogens is 3. The zero-order valence-electron chi connectivity index (χ0n) is 17.9. The molecule has 8 heteroatoms. The van der Waals surface area contributed by atoms with Gasteiger partial charge in [-0.25, -0.2) is 9.78 Å². The molecule has 3 heterocycles. The predicted octanol–water partition coefficient (Wildman–Crippen LogP) is 2.87. The van der Waals surface area contributed by atoms with Crippen LogP contribution >= 0.6 is 0 Å². The fraction of sp³-hybridized carbons (Fsp3) is 0.524. The third kappa shape index (κ3) is 5.79. The lowest BCUT2D eigenvalue weighted by Gasteiger charge is -2.36. The molecular weight excluding hydrogens is 368 g/mol. The number of pyridine rings is 1. The first-order valence-electron chi connectivity index (χ1n) is 9.90. The number of nitrogens with zero attached hydrogens (tertiary/aromatic N) is 6. The molecule has 0 atom stereocenters. The third-order valence-corrected chi connectivity index (χ3v) is 4.60. The molecule has 1 amide bonds. The largest absolute Gasteiger partial charge is 0.444 e. The van der Waals surface area contributed by atoms with Crippen molar-refractivity contribution in [3.05, 3.63) is 42.0 Å². The van der Waals surface area contributed by atoms with Crippen molar-refractivity contribution in [3.8, 4) is 0 Å². The molecule has 0 aliphatic carbocycles. The van der Waals surface area contributed by atoms with Gasteiger partial charge in [0.2, 0.25) is 0 Å². The van der Waals surface area contributed by atoms with E-state index >= 15 is 0 Å². The molecule has 0 bridgehead atoms. The Bertz CT molecular complexity index is 843. The van der Waals surface area contributed by atoms with Crippen molar-refractivity contribution in [2.75, 3.05) is 43.0 Å². The summed E-state index contributed by atoms with van der Waals surface area (Å²) in [6.45, 7) is 10.9. The van der Waals surface area contributed by atoms with Crippen LogP contribution in [0.1, 0.15) is 32.2 Å². The number of carbonyl (C=O) groups is 1. The summed E-state index contributed by atoms with van der Waals surface area (Å²) in [6, 6.07) is 6.01. The molecule has 0 spiro atoms. The molecule has 1 fully saturated rings. The van der Waals surface area contributed by atoms with Gasteiger partial charge in [-0.05, 0) is 39.8 Å². The SMILES string of the molecule is Cc1cccc(CN(C)c2cncc(N3CCN(C(=O)OC(C)(C)C)CC3)n2)n1. The average molecular weight is 399 g/mol. The second-order valence-electron chi connectivity index (χ2n) is 8.32. The van der Waals surface area contributed by atoms with E-state index in [1.165, 1.54) is 0 Å². The fourth-order valence-corrected chi connectivity index (χ4v) is 3.14. The number of rotatable bonds is 4. The molecule has 29 heavy (non-hydrogen) atoms. The van der Waals surface area contributed by atoms with Crippen molar-refractivity contribution in [1.29, 1.82) is 0 Å². The Hall–Kier alpha value is -2.90. The second kappa shape index (κ2) is 8.63. The molecule has 1 saturated heterocycles. The first kappa shape index (κ1) is 20.8. The van der Waals surface area contributed by atoms with Crippen LogP contribution in [0.5, 0.6) is 0 Å². The first-order chi connectivity index (χ1) is 13.7. The number of piperazine rings is 1. The van der Waals surface area contributed by atoms with E-state index < -0.39 is 5.60 Å². The lowest BCUT2D eigenvalue weighted by Crippen LogP contribution is -2.50. The van der Waals surface area contributed by atoms with Crippen LogP contribution in [0.15, 0.2) is 30.6 Å². The number of anilines is 2. The van der Waals surface area contributed by atoms with Crippen LogP contribution in [-0.2, 0) is 11.3 Å². The van der Waals surface area contributed by atoms with Gasteiger partial charge in [0.25, 0.3) is 0 Å². The van der Waals surface area contributed by atoms with Gasteiger partial charge in [-0.15, -0.1) is 0 Å². The maximum atomic E-state index is 12.2. The van der Waals surface area contributed by atoms with Crippen LogP contribution in [-0.4, -0.2) is 64.8 Å². The highest BCUT2D eigenvalue weighted by molar-refractivity contribution is 5.68. The van der Waals surface area contributed by atoms with E-state index in [1.807, 2.05) is 57.8 Å². The zero-order chi connectivity index (χ0) is 21.0. The molecule has 0 unspecified atom stereocenters. The lowest BCUT2D eigenvalue weighted by molar-refractivity contribution is 0.0240. The molecule has 1 aliphatic heterocycles. The molecule has 3 rings (SSSR count). The summed E-state index contributed by atoms with van der Waals surface area (Å²) in [7, 11) is 1.98. The zero-order valence-corrected chi connectivity index (χ0v) is 17.9. The Labute approximate surface area is 172 Å². The van der Waals surface area contributed by atoms with Crippen LogP contribution in [0.3, 0.4) is 0 Å². The smallest absolute Gasteiger partial charge is 0.410 e. The Morgan fingerprint density at radius 2 is 1.86 bits per heavy atom. The van der Waals surface area contributed by atoms with E-state index in [1.54, 1.807) is 17.3 Å². The molecule has 156 valence electrons. The van der Waals surface area contributed by atoms with Gasteiger partial charge in [0.05, 0.1) is 24.6 Å². The molecule has 0 aromatic carbocycles. The van der Waals surface area contributed by atoms with E-state index in [0.717, 1.165) is 23.0 Å². The predicted molar refractivity (Wildman–Crippen MR) is 113 cm³/mol. The van der Waals surface area contributed by atoms with E-state index in [-0.39, 0.29) is 6.09 Å². The van der Waals surface area contributed by atoms with Crippen LogP contribution in [0, 0.1) is 6.92 Å². The highest BCUT2D eigenvalue weighted by atomic mass is 16.6. The van der Waals surface area contributed by atoms with Gasteiger partial charge in [0.1, 0.15) is 17.2 Å². The molecule has 8 nitrogen and oxygen atoms in total. The van der Waals surface area contributed by atoms with E-state index in [0.29, 0.717) is 32.7 Å². The first-order valence-corrected chi connectivity index (χ1v) is 9.90. The van der Waals surface area contributed by atoms with E-state index in [4.69, 9.17) is 9.72 Å². The van der Waals surface area contributed by atoms with Crippen molar-refractivity contribution in [2.45, 2.75) is 39.8 Å². The Kier molecular flexibility index (Phi) is 6.20. The average Bonchev–Trinajstić information content (AvgIpc) is 2.67. The Morgan fingerprint density at radius 1 is 1.14 bits per heavy atom. The molecule has 1 aliphatic rings. The maximum absolute atomic E-state index is 12.2. The van der Waals surface area contributed by atoms with Gasteiger partial charge in [0, 0.05) is 38.9 Å². The van der Waals surface area contributed by atoms with Crippen molar-refractivity contribution < 1.29 is 9.53 Å². The number of amides is 1. The molecule has 0 saturated carbocycles. The molecule has 2 aromatic heterocycles. The number of carbonyl (C=O) groups excluding carboxylic acids is 1.